The molecule has 0 saturated carbocycles. The molecule has 9 nitrogen and oxygen atoms in total. The summed E-state index contributed by atoms with van der Waals surface area (Å²) in [4.78, 5) is 35.9. The number of aromatic nitrogens is 3. The summed E-state index contributed by atoms with van der Waals surface area (Å²) in [5, 5.41) is 7.63. The van der Waals surface area contributed by atoms with E-state index in [9.17, 15) is 14.0 Å². The molecule has 3 heterocycles. The Balaban J connectivity index is 1.41. The number of carbonyl (C=O) groups excluding carboxylic acids is 2. The topological polar surface area (TPSA) is 110 Å². The van der Waals surface area contributed by atoms with E-state index in [2.05, 4.69) is 20.4 Å². The van der Waals surface area contributed by atoms with Gasteiger partial charge in [0.1, 0.15) is 29.0 Å². The fourth-order valence-corrected chi connectivity index (χ4v) is 4.31. The Morgan fingerprint density at radius 3 is 2.74 bits per heavy atom. The van der Waals surface area contributed by atoms with E-state index in [-0.39, 0.29) is 17.6 Å². The molecule has 1 N–H and O–H groups in total. The highest BCUT2D eigenvalue weighted by Gasteiger charge is 2.30. The second-order valence-corrected chi connectivity index (χ2v) is 8.23. The number of methoxy groups -OCH3 is 1. The Hall–Kier alpha value is -4.34. The van der Waals surface area contributed by atoms with E-state index < -0.39 is 5.97 Å². The predicted molar refractivity (Wildman–Crippen MR) is 126 cm³/mol. The van der Waals surface area contributed by atoms with Gasteiger partial charge in [0.05, 0.1) is 24.3 Å². The van der Waals surface area contributed by atoms with Gasteiger partial charge in [-0.3, -0.25) is 4.79 Å². The number of rotatable bonds is 5. The maximum absolute atomic E-state index is 13.4. The zero-order valence-electron chi connectivity index (χ0n) is 18.9. The Kier molecular flexibility index (Phi) is 6.09. The lowest BCUT2D eigenvalue weighted by Crippen LogP contribution is -2.41. The largest absolute Gasteiger partial charge is 0.465 e. The van der Waals surface area contributed by atoms with Gasteiger partial charge in [-0.25, -0.2) is 14.2 Å². The number of esters is 1. The molecule has 1 atom stereocenters. The van der Waals surface area contributed by atoms with Crippen molar-refractivity contribution in [2.45, 2.75) is 12.8 Å². The van der Waals surface area contributed by atoms with Crippen LogP contribution in [0, 0.1) is 11.7 Å². The second kappa shape index (κ2) is 9.49. The Morgan fingerprint density at radius 1 is 1.14 bits per heavy atom. The number of hydrogen-bond donors (Lipinski definition) is 1. The standard InChI is InChI=1S/C25H22FN5O4/c1-34-25(33)18-6-2-3-7-19(18)29-23(32)16-5-4-12-31(13-16)22-20-21(15-8-10-17(26)11-9-15)30-35-24(20)28-14-27-22/h2-3,6-11,14,16H,4-5,12-13H2,1H3,(H,29,32)/t16-/m1/s1. The zero-order valence-corrected chi connectivity index (χ0v) is 18.9. The van der Waals surface area contributed by atoms with Crippen molar-refractivity contribution in [3.8, 4) is 11.3 Å². The van der Waals surface area contributed by atoms with Crippen LogP contribution in [-0.2, 0) is 9.53 Å². The monoisotopic (exact) mass is 475 g/mol. The third-order valence-corrected chi connectivity index (χ3v) is 6.05. The first-order valence-electron chi connectivity index (χ1n) is 11.1. The minimum absolute atomic E-state index is 0.194. The third kappa shape index (κ3) is 4.42. The summed E-state index contributed by atoms with van der Waals surface area (Å²) >= 11 is 0. The molecule has 178 valence electrons. The van der Waals surface area contributed by atoms with E-state index in [1.165, 1.54) is 25.6 Å². The number of piperidine rings is 1. The highest BCUT2D eigenvalue weighted by molar-refractivity contribution is 6.02. The van der Waals surface area contributed by atoms with E-state index in [4.69, 9.17) is 9.26 Å². The first-order chi connectivity index (χ1) is 17.0. The summed E-state index contributed by atoms with van der Waals surface area (Å²) in [6, 6.07) is 12.7. The number of hydrogen-bond acceptors (Lipinski definition) is 8. The smallest absolute Gasteiger partial charge is 0.339 e. The molecule has 5 rings (SSSR count). The van der Waals surface area contributed by atoms with Crippen molar-refractivity contribution < 1.29 is 23.2 Å². The van der Waals surface area contributed by atoms with E-state index >= 15 is 0 Å². The van der Waals surface area contributed by atoms with Gasteiger partial charge in [0.25, 0.3) is 5.71 Å². The molecule has 0 aliphatic carbocycles. The number of benzene rings is 2. The van der Waals surface area contributed by atoms with Crippen LogP contribution >= 0.6 is 0 Å². The predicted octanol–water partition coefficient (Wildman–Crippen LogP) is 4.07. The van der Waals surface area contributed by atoms with Crippen molar-refractivity contribution >= 4 is 34.5 Å². The van der Waals surface area contributed by atoms with Crippen molar-refractivity contribution in [1.29, 1.82) is 0 Å². The SMILES string of the molecule is COC(=O)c1ccccc1NC(=O)[C@@H]1CCCN(c2ncnc3onc(-c4ccc(F)cc4)c23)C1. The van der Waals surface area contributed by atoms with Gasteiger partial charge in [0.15, 0.2) is 0 Å². The molecule has 0 unspecified atom stereocenters. The molecular formula is C25H22FN5O4. The van der Waals surface area contributed by atoms with Crippen molar-refractivity contribution in [2.24, 2.45) is 5.92 Å². The van der Waals surface area contributed by atoms with Crippen LogP contribution in [0.2, 0.25) is 0 Å². The van der Waals surface area contributed by atoms with E-state index in [1.54, 1.807) is 36.4 Å². The summed E-state index contributed by atoms with van der Waals surface area (Å²) in [5.41, 5.74) is 2.19. The van der Waals surface area contributed by atoms with E-state index in [0.29, 0.717) is 58.9 Å². The lowest BCUT2D eigenvalue weighted by atomic mass is 9.96. The first-order valence-corrected chi connectivity index (χ1v) is 11.1. The number of halogens is 1. The lowest BCUT2D eigenvalue weighted by Gasteiger charge is -2.33. The molecule has 1 aliphatic rings. The molecule has 1 saturated heterocycles. The highest BCUT2D eigenvalue weighted by atomic mass is 19.1. The van der Waals surface area contributed by atoms with Crippen LogP contribution in [0.15, 0.2) is 59.4 Å². The first kappa shape index (κ1) is 22.5. The maximum atomic E-state index is 13.4. The molecule has 1 aliphatic heterocycles. The van der Waals surface area contributed by atoms with Gasteiger partial charge in [0.2, 0.25) is 5.91 Å². The molecule has 1 amide bonds. The van der Waals surface area contributed by atoms with Gasteiger partial charge < -0.3 is 19.5 Å². The average molecular weight is 475 g/mol. The molecule has 1 fully saturated rings. The van der Waals surface area contributed by atoms with Gasteiger partial charge in [-0.2, -0.15) is 4.98 Å². The number of fused-ring (bicyclic) bond motifs is 1. The number of amides is 1. The lowest BCUT2D eigenvalue weighted by molar-refractivity contribution is -0.120. The van der Waals surface area contributed by atoms with Crippen LogP contribution in [0.5, 0.6) is 0 Å². The van der Waals surface area contributed by atoms with E-state index in [1.807, 2.05) is 4.90 Å². The minimum Gasteiger partial charge on any atom is -0.465 e. The number of ether oxygens (including phenoxy) is 1. The Labute approximate surface area is 199 Å². The Bertz CT molecular complexity index is 1390. The summed E-state index contributed by atoms with van der Waals surface area (Å²) in [7, 11) is 1.30. The number of nitrogens with zero attached hydrogens (tertiary/aromatic N) is 4. The quantitative estimate of drug-likeness (QED) is 0.430. The molecule has 35 heavy (non-hydrogen) atoms. The van der Waals surface area contributed by atoms with Gasteiger partial charge in [-0.1, -0.05) is 17.3 Å². The molecule has 2 aromatic carbocycles. The van der Waals surface area contributed by atoms with Crippen molar-refractivity contribution in [1.82, 2.24) is 15.1 Å². The van der Waals surface area contributed by atoms with Crippen LogP contribution in [0.1, 0.15) is 23.2 Å². The molecule has 0 spiro atoms. The normalized spacial score (nSPS) is 15.7. The van der Waals surface area contributed by atoms with Gasteiger partial charge in [0, 0.05) is 18.7 Å². The number of nitrogens with one attached hydrogen (secondary N) is 1. The summed E-state index contributed by atoms with van der Waals surface area (Å²) in [6.45, 7) is 1.09. The molecule has 0 radical (unpaired) electrons. The third-order valence-electron chi connectivity index (χ3n) is 6.05. The Morgan fingerprint density at radius 2 is 1.94 bits per heavy atom. The average Bonchev–Trinajstić information content (AvgIpc) is 3.33. The van der Waals surface area contributed by atoms with Gasteiger partial charge >= 0.3 is 5.97 Å². The van der Waals surface area contributed by atoms with Gasteiger partial charge in [-0.05, 0) is 49.2 Å². The molecule has 10 heteroatoms. The molecule has 0 bridgehead atoms. The summed E-state index contributed by atoms with van der Waals surface area (Å²) in [5.74, 6) is -0.802. The second-order valence-electron chi connectivity index (χ2n) is 8.23. The van der Waals surface area contributed by atoms with E-state index in [0.717, 1.165) is 6.42 Å². The maximum Gasteiger partial charge on any atom is 0.339 e. The van der Waals surface area contributed by atoms with Crippen LogP contribution in [0.25, 0.3) is 22.4 Å². The molecule has 4 aromatic rings. The van der Waals surface area contributed by atoms with Gasteiger partial charge in [-0.15, -0.1) is 0 Å². The van der Waals surface area contributed by atoms with Crippen molar-refractivity contribution in [3.63, 3.8) is 0 Å². The van der Waals surface area contributed by atoms with Crippen LogP contribution in [0.3, 0.4) is 0 Å². The fourth-order valence-electron chi connectivity index (χ4n) is 4.31. The van der Waals surface area contributed by atoms with Crippen molar-refractivity contribution in [3.05, 3.63) is 66.2 Å². The molecular weight excluding hydrogens is 453 g/mol. The number of anilines is 2. The zero-order chi connectivity index (χ0) is 24.4. The van der Waals surface area contributed by atoms with Crippen LogP contribution in [0.4, 0.5) is 15.9 Å². The number of para-hydroxylation sites is 1. The minimum atomic E-state index is -0.518. The van der Waals surface area contributed by atoms with Crippen molar-refractivity contribution in [2.75, 3.05) is 30.4 Å². The van der Waals surface area contributed by atoms with Crippen LogP contribution < -0.4 is 10.2 Å². The number of carbonyl (C=O) groups is 2. The summed E-state index contributed by atoms with van der Waals surface area (Å²) in [6.07, 6.45) is 2.85. The fraction of sp³-hybridized carbons (Fsp3) is 0.240. The molecule has 2 aromatic heterocycles. The highest BCUT2D eigenvalue weighted by Crippen LogP contribution is 2.35. The summed E-state index contributed by atoms with van der Waals surface area (Å²) < 4.78 is 23.7. The van der Waals surface area contributed by atoms with Crippen LogP contribution in [-0.4, -0.2) is 47.2 Å².